The number of benzene rings is 2. The second-order valence-electron chi connectivity index (χ2n) is 5.41. The van der Waals surface area contributed by atoms with Gasteiger partial charge in [-0.3, -0.25) is 13.8 Å². The van der Waals surface area contributed by atoms with Gasteiger partial charge in [0.2, 0.25) is 0 Å². The molecule has 0 aliphatic rings. The maximum atomic E-state index is 12.2. The molecular formula is C19H20N2O5S. The van der Waals surface area contributed by atoms with Crippen molar-refractivity contribution in [3.63, 3.8) is 0 Å². The highest BCUT2D eigenvalue weighted by Gasteiger charge is 2.17. The lowest BCUT2D eigenvalue weighted by Gasteiger charge is -2.09. The molecule has 0 unspecified atom stereocenters. The quantitative estimate of drug-likeness (QED) is 0.706. The van der Waals surface area contributed by atoms with E-state index in [0.29, 0.717) is 21.9 Å². The van der Waals surface area contributed by atoms with Crippen molar-refractivity contribution in [3.05, 3.63) is 59.7 Å². The zero-order chi connectivity index (χ0) is 19.8. The van der Waals surface area contributed by atoms with Crippen LogP contribution in [0.3, 0.4) is 0 Å². The minimum atomic E-state index is -1.31. The average molecular weight is 388 g/mol. The van der Waals surface area contributed by atoms with Crippen molar-refractivity contribution < 1.29 is 23.3 Å². The number of carbonyl (C=O) groups is 3. The van der Waals surface area contributed by atoms with Gasteiger partial charge < -0.3 is 15.4 Å². The van der Waals surface area contributed by atoms with E-state index in [2.05, 4.69) is 10.6 Å². The number of nitrogens with one attached hydrogen (secondary N) is 2. The summed E-state index contributed by atoms with van der Waals surface area (Å²) in [5.41, 5.74) is 1.11. The highest BCUT2D eigenvalue weighted by atomic mass is 32.2. The Morgan fingerprint density at radius 3 is 2.33 bits per heavy atom. The van der Waals surface area contributed by atoms with E-state index in [9.17, 15) is 18.6 Å². The third kappa shape index (κ3) is 5.49. The number of hydrogen-bond donors (Lipinski definition) is 2. The molecule has 2 aromatic rings. The van der Waals surface area contributed by atoms with Gasteiger partial charge in [-0.1, -0.05) is 19.1 Å². The predicted molar refractivity (Wildman–Crippen MR) is 102 cm³/mol. The maximum Gasteiger partial charge on any atom is 0.339 e. The van der Waals surface area contributed by atoms with Gasteiger partial charge in [-0.2, -0.15) is 0 Å². The molecule has 0 saturated carbocycles. The van der Waals surface area contributed by atoms with Crippen LogP contribution < -0.4 is 10.6 Å². The van der Waals surface area contributed by atoms with E-state index in [-0.39, 0.29) is 11.5 Å². The van der Waals surface area contributed by atoms with Crippen LogP contribution in [0, 0.1) is 0 Å². The van der Waals surface area contributed by atoms with Crippen LogP contribution in [0.1, 0.15) is 27.6 Å². The SMILES string of the molecule is CC[S@](=O)c1ccccc1C(=O)OCC(=O)Nc1ccc(C(=O)NC)cc1. The van der Waals surface area contributed by atoms with Gasteiger partial charge in [-0.25, -0.2) is 4.79 Å². The van der Waals surface area contributed by atoms with Gasteiger partial charge in [-0.05, 0) is 36.4 Å². The number of esters is 1. The molecule has 0 aromatic heterocycles. The van der Waals surface area contributed by atoms with E-state index >= 15 is 0 Å². The number of rotatable bonds is 7. The van der Waals surface area contributed by atoms with Crippen molar-refractivity contribution >= 4 is 34.3 Å². The minimum Gasteiger partial charge on any atom is -0.452 e. The molecule has 0 heterocycles. The van der Waals surface area contributed by atoms with Crippen LogP contribution >= 0.6 is 0 Å². The van der Waals surface area contributed by atoms with Gasteiger partial charge in [0.1, 0.15) is 0 Å². The first kappa shape index (κ1) is 20.3. The van der Waals surface area contributed by atoms with Crippen molar-refractivity contribution in [1.82, 2.24) is 5.32 Å². The fourth-order valence-electron chi connectivity index (χ4n) is 2.24. The second kappa shape index (κ2) is 9.63. The van der Waals surface area contributed by atoms with Crippen molar-refractivity contribution in [2.24, 2.45) is 0 Å². The maximum absolute atomic E-state index is 12.2. The molecule has 2 rings (SSSR count). The topological polar surface area (TPSA) is 102 Å². The molecule has 1 atom stereocenters. The molecule has 2 N–H and O–H groups in total. The van der Waals surface area contributed by atoms with E-state index in [1.807, 2.05) is 0 Å². The van der Waals surface area contributed by atoms with Crippen LogP contribution in [0.5, 0.6) is 0 Å². The summed E-state index contributed by atoms with van der Waals surface area (Å²) in [6.07, 6.45) is 0. The Hall–Kier alpha value is -3.00. The molecule has 2 aromatic carbocycles. The number of hydrogen-bond acceptors (Lipinski definition) is 5. The van der Waals surface area contributed by atoms with Crippen molar-refractivity contribution in [2.75, 3.05) is 24.7 Å². The molecule has 0 saturated heterocycles. The van der Waals surface area contributed by atoms with Crippen LogP contribution in [0.4, 0.5) is 5.69 Å². The molecular weight excluding hydrogens is 368 g/mol. The summed E-state index contributed by atoms with van der Waals surface area (Å²) in [7, 11) is 0.219. The Bertz CT molecular complexity index is 865. The molecule has 7 nitrogen and oxygen atoms in total. The molecule has 0 aliphatic carbocycles. The van der Waals surface area contributed by atoms with Crippen LogP contribution in [0.25, 0.3) is 0 Å². The number of carbonyl (C=O) groups excluding carboxylic acids is 3. The lowest BCUT2D eigenvalue weighted by molar-refractivity contribution is -0.119. The van der Waals surface area contributed by atoms with Gasteiger partial charge in [0.25, 0.3) is 11.8 Å². The largest absolute Gasteiger partial charge is 0.452 e. The minimum absolute atomic E-state index is 0.181. The molecule has 8 heteroatoms. The summed E-state index contributed by atoms with van der Waals surface area (Å²) in [4.78, 5) is 36.0. The van der Waals surface area contributed by atoms with Gasteiger partial charge in [0.05, 0.1) is 21.3 Å². The smallest absolute Gasteiger partial charge is 0.339 e. The molecule has 0 aliphatic heterocycles. The monoisotopic (exact) mass is 388 g/mol. The van der Waals surface area contributed by atoms with E-state index in [1.165, 1.54) is 13.1 Å². The molecule has 0 fully saturated rings. The number of ether oxygens (including phenoxy) is 1. The summed E-state index contributed by atoms with van der Waals surface area (Å²) in [6, 6.07) is 12.7. The summed E-state index contributed by atoms with van der Waals surface area (Å²) >= 11 is 0. The lowest BCUT2D eigenvalue weighted by Crippen LogP contribution is -2.22. The summed E-state index contributed by atoms with van der Waals surface area (Å²) in [6.45, 7) is 1.27. The summed E-state index contributed by atoms with van der Waals surface area (Å²) in [5.74, 6) is -1.09. The van der Waals surface area contributed by atoms with Crippen LogP contribution in [-0.2, 0) is 20.3 Å². The molecule has 0 bridgehead atoms. The highest BCUT2D eigenvalue weighted by molar-refractivity contribution is 7.85. The first-order valence-corrected chi connectivity index (χ1v) is 9.54. The fraction of sp³-hybridized carbons (Fsp3) is 0.211. The third-order valence-corrected chi connectivity index (χ3v) is 4.98. The Balaban J connectivity index is 1.95. The highest BCUT2D eigenvalue weighted by Crippen LogP contribution is 2.15. The van der Waals surface area contributed by atoms with Crippen molar-refractivity contribution in [1.29, 1.82) is 0 Å². The van der Waals surface area contributed by atoms with Crippen molar-refractivity contribution in [3.8, 4) is 0 Å². The van der Waals surface area contributed by atoms with E-state index < -0.39 is 29.3 Å². The molecule has 2 amide bonds. The fourth-order valence-corrected chi connectivity index (χ4v) is 3.18. The van der Waals surface area contributed by atoms with Gasteiger partial charge >= 0.3 is 5.97 Å². The van der Waals surface area contributed by atoms with E-state index in [1.54, 1.807) is 49.4 Å². The Morgan fingerprint density at radius 2 is 1.70 bits per heavy atom. The second-order valence-corrected chi connectivity index (χ2v) is 7.12. The summed E-state index contributed by atoms with van der Waals surface area (Å²) < 4.78 is 17.0. The molecule has 27 heavy (non-hydrogen) atoms. The molecule has 0 spiro atoms. The number of anilines is 1. The van der Waals surface area contributed by atoms with Crippen LogP contribution in [-0.4, -0.2) is 41.4 Å². The third-order valence-electron chi connectivity index (χ3n) is 3.61. The lowest BCUT2D eigenvalue weighted by atomic mass is 10.2. The number of amides is 2. The van der Waals surface area contributed by atoms with Gasteiger partial charge in [-0.15, -0.1) is 0 Å². The zero-order valence-electron chi connectivity index (χ0n) is 15.0. The Kier molecular flexibility index (Phi) is 7.25. The standard InChI is InChI=1S/C19H20N2O5S/c1-3-27(25)16-7-5-4-6-15(16)19(24)26-12-17(22)21-14-10-8-13(9-11-14)18(23)20-2/h4-11H,3,12H2,1-2H3,(H,20,23)(H,21,22)/t27-/m0/s1. The summed E-state index contributed by atoms with van der Waals surface area (Å²) in [5, 5.41) is 5.07. The predicted octanol–water partition coefficient (Wildman–Crippen LogP) is 1.97. The van der Waals surface area contributed by atoms with Crippen molar-refractivity contribution in [2.45, 2.75) is 11.8 Å². The Morgan fingerprint density at radius 1 is 1.04 bits per heavy atom. The average Bonchev–Trinajstić information content (AvgIpc) is 2.71. The first-order valence-electron chi connectivity index (χ1n) is 8.22. The van der Waals surface area contributed by atoms with E-state index in [4.69, 9.17) is 4.74 Å². The molecule has 142 valence electrons. The first-order chi connectivity index (χ1) is 13.0. The van der Waals surface area contributed by atoms with Crippen LogP contribution in [0.2, 0.25) is 0 Å². The van der Waals surface area contributed by atoms with E-state index in [0.717, 1.165) is 0 Å². The normalized spacial score (nSPS) is 11.3. The van der Waals surface area contributed by atoms with Gasteiger partial charge in [0, 0.05) is 24.1 Å². The van der Waals surface area contributed by atoms with Gasteiger partial charge in [0.15, 0.2) is 6.61 Å². The molecule has 0 radical (unpaired) electrons. The zero-order valence-corrected chi connectivity index (χ0v) is 15.8. The Labute approximate surface area is 159 Å². The van der Waals surface area contributed by atoms with Crippen LogP contribution in [0.15, 0.2) is 53.4 Å².